The number of nitrogens with zero attached hydrogens (tertiary/aromatic N) is 2. The summed E-state index contributed by atoms with van der Waals surface area (Å²) in [5.74, 6) is 0. The largest absolute Gasteiger partial charge is 0.376 e. The van der Waals surface area contributed by atoms with Gasteiger partial charge in [0.25, 0.3) is 0 Å². The smallest absolute Gasteiger partial charge is 0.0753 e. The first-order valence-corrected chi connectivity index (χ1v) is 7.67. The first-order chi connectivity index (χ1) is 8.96. The fraction of sp³-hybridized carbons (Fsp3) is 1.00. The van der Waals surface area contributed by atoms with Crippen LogP contribution in [0.3, 0.4) is 0 Å². The van der Waals surface area contributed by atoms with Crippen molar-refractivity contribution in [1.82, 2.24) is 9.80 Å². The van der Waals surface area contributed by atoms with Gasteiger partial charge in [-0.3, -0.25) is 9.80 Å². The minimum absolute atomic E-state index is 0.0776. The highest BCUT2D eigenvalue weighted by atomic mass is 16.5. The van der Waals surface area contributed by atoms with Crippen molar-refractivity contribution < 1.29 is 9.47 Å². The third kappa shape index (κ3) is 6.70. The van der Waals surface area contributed by atoms with Gasteiger partial charge in [-0.25, -0.2) is 0 Å². The molecule has 0 aromatic heterocycles. The zero-order valence-corrected chi connectivity index (χ0v) is 13.4. The molecule has 0 radical (unpaired) electrons. The van der Waals surface area contributed by atoms with Crippen LogP contribution in [0.4, 0.5) is 0 Å². The minimum Gasteiger partial charge on any atom is -0.376 e. The number of hydrogen-bond acceptors (Lipinski definition) is 4. The Morgan fingerprint density at radius 2 is 1.68 bits per heavy atom. The number of morpholine rings is 2. The Kier molecular flexibility index (Phi) is 7.29. The molecule has 0 bridgehead atoms. The summed E-state index contributed by atoms with van der Waals surface area (Å²) >= 11 is 0. The highest BCUT2D eigenvalue weighted by Gasteiger charge is 2.25. The van der Waals surface area contributed by atoms with E-state index in [0.717, 1.165) is 52.5 Å². The van der Waals surface area contributed by atoms with Crippen LogP contribution in [-0.2, 0) is 9.47 Å². The summed E-state index contributed by atoms with van der Waals surface area (Å²) in [4.78, 5) is 4.83. The predicted octanol–water partition coefficient (Wildman–Crippen LogP) is 1.84. The minimum atomic E-state index is 0.0776. The summed E-state index contributed by atoms with van der Waals surface area (Å²) in [5, 5.41) is 0. The monoisotopic (exact) mass is 272 g/mol. The summed E-state index contributed by atoms with van der Waals surface area (Å²) in [6, 6.07) is 0. The average molecular weight is 272 g/mol. The number of likely N-dealkylation sites (N-methyl/N-ethyl adjacent to an activating group) is 2. The fourth-order valence-electron chi connectivity index (χ4n) is 2.56. The Labute approximate surface area is 119 Å². The zero-order chi connectivity index (χ0) is 14.3. The summed E-state index contributed by atoms with van der Waals surface area (Å²) in [6.45, 7) is 19.3. The van der Waals surface area contributed by atoms with E-state index >= 15 is 0 Å². The van der Waals surface area contributed by atoms with Crippen LogP contribution >= 0.6 is 0 Å². The first-order valence-electron chi connectivity index (χ1n) is 7.67. The Morgan fingerprint density at radius 1 is 1.05 bits per heavy atom. The van der Waals surface area contributed by atoms with Crippen molar-refractivity contribution in [3.8, 4) is 0 Å². The maximum Gasteiger partial charge on any atom is 0.0753 e. The van der Waals surface area contributed by atoms with Crippen LogP contribution in [0.15, 0.2) is 0 Å². The Hall–Kier alpha value is -0.160. The number of hydrogen-bond donors (Lipinski definition) is 0. The van der Waals surface area contributed by atoms with Gasteiger partial charge < -0.3 is 9.47 Å². The van der Waals surface area contributed by atoms with Crippen LogP contribution in [0.2, 0.25) is 0 Å². The van der Waals surface area contributed by atoms with Gasteiger partial charge in [0, 0.05) is 26.2 Å². The van der Waals surface area contributed by atoms with E-state index in [0.29, 0.717) is 6.10 Å². The molecule has 2 heterocycles. The van der Waals surface area contributed by atoms with Gasteiger partial charge in [0.2, 0.25) is 0 Å². The molecule has 0 N–H and O–H groups in total. The molecular weight excluding hydrogens is 240 g/mol. The van der Waals surface area contributed by atoms with Gasteiger partial charge in [0.15, 0.2) is 0 Å². The van der Waals surface area contributed by atoms with Gasteiger partial charge in [0.1, 0.15) is 0 Å². The average Bonchev–Trinajstić information content (AvgIpc) is 2.38. The maximum atomic E-state index is 5.56. The van der Waals surface area contributed by atoms with Crippen LogP contribution in [-0.4, -0.2) is 74.0 Å². The quantitative estimate of drug-likeness (QED) is 0.766. The molecule has 2 fully saturated rings. The predicted molar refractivity (Wildman–Crippen MR) is 79.7 cm³/mol. The maximum absolute atomic E-state index is 5.56. The van der Waals surface area contributed by atoms with Gasteiger partial charge in [-0.2, -0.15) is 0 Å². The summed E-state index contributed by atoms with van der Waals surface area (Å²) in [5.41, 5.74) is 0.0776. The molecule has 0 saturated carbocycles. The lowest BCUT2D eigenvalue weighted by Gasteiger charge is -2.37. The van der Waals surface area contributed by atoms with Gasteiger partial charge in [-0.15, -0.1) is 0 Å². The molecule has 2 saturated heterocycles. The van der Waals surface area contributed by atoms with Crippen molar-refractivity contribution in [1.29, 1.82) is 0 Å². The number of rotatable bonds is 2. The molecule has 0 amide bonds. The summed E-state index contributed by atoms with van der Waals surface area (Å²) in [6.07, 6.45) is 0.443. The van der Waals surface area contributed by atoms with Crippen molar-refractivity contribution in [2.75, 3.05) is 52.5 Å². The van der Waals surface area contributed by atoms with Crippen LogP contribution < -0.4 is 0 Å². The van der Waals surface area contributed by atoms with E-state index in [9.17, 15) is 0 Å². The molecule has 4 nitrogen and oxygen atoms in total. The molecule has 114 valence electrons. The van der Waals surface area contributed by atoms with Crippen LogP contribution in [0.5, 0.6) is 0 Å². The standard InChI is InChI=1S/C8H17NO.C7H15NO/c1-4-9-5-6-10-8(2,3)7-9;1-3-8-4-5-9-7(2)6-8/h4-7H2,1-3H3;7H,3-6H2,1-2H3/t;7-/m.1/s1. The molecule has 2 rings (SSSR count). The zero-order valence-electron chi connectivity index (χ0n) is 13.4. The molecule has 1 atom stereocenters. The van der Waals surface area contributed by atoms with Crippen LogP contribution in [0, 0.1) is 0 Å². The van der Waals surface area contributed by atoms with E-state index in [1.165, 1.54) is 0 Å². The van der Waals surface area contributed by atoms with E-state index < -0.39 is 0 Å². The van der Waals surface area contributed by atoms with Crippen LogP contribution in [0.1, 0.15) is 34.6 Å². The summed E-state index contributed by atoms with van der Waals surface area (Å²) < 4.78 is 10.9. The topological polar surface area (TPSA) is 24.9 Å². The Morgan fingerprint density at radius 3 is 2.11 bits per heavy atom. The molecule has 19 heavy (non-hydrogen) atoms. The van der Waals surface area contributed by atoms with E-state index in [1.807, 2.05) is 0 Å². The Bertz CT molecular complexity index is 246. The van der Waals surface area contributed by atoms with E-state index in [-0.39, 0.29) is 5.60 Å². The molecule has 4 heteroatoms. The van der Waals surface area contributed by atoms with Crippen molar-refractivity contribution in [2.24, 2.45) is 0 Å². The lowest BCUT2D eigenvalue weighted by Crippen LogP contribution is -2.47. The second-order valence-corrected chi connectivity index (χ2v) is 6.05. The van der Waals surface area contributed by atoms with Crippen molar-refractivity contribution in [2.45, 2.75) is 46.3 Å². The second-order valence-electron chi connectivity index (χ2n) is 6.05. The van der Waals surface area contributed by atoms with Gasteiger partial charge in [-0.05, 0) is 33.9 Å². The van der Waals surface area contributed by atoms with E-state index in [2.05, 4.69) is 44.4 Å². The third-order valence-corrected chi connectivity index (χ3v) is 3.72. The van der Waals surface area contributed by atoms with Crippen LogP contribution in [0.25, 0.3) is 0 Å². The molecule has 0 aromatic carbocycles. The molecule has 0 unspecified atom stereocenters. The fourth-order valence-corrected chi connectivity index (χ4v) is 2.56. The van der Waals surface area contributed by atoms with Crippen molar-refractivity contribution >= 4 is 0 Å². The lowest BCUT2D eigenvalue weighted by atomic mass is 10.1. The highest BCUT2D eigenvalue weighted by Crippen LogP contribution is 2.15. The lowest BCUT2D eigenvalue weighted by molar-refractivity contribution is -0.0845. The summed E-state index contributed by atoms with van der Waals surface area (Å²) in [7, 11) is 0. The third-order valence-electron chi connectivity index (χ3n) is 3.72. The van der Waals surface area contributed by atoms with Gasteiger partial charge >= 0.3 is 0 Å². The van der Waals surface area contributed by atoms with E-state index in [1.54, 1.807) is 0 Å². The van der Waals surface area contributed by atoms with Crippen molar-refractivity contribution in [3.05, 3.63) is 0 Å². The molecular formula is C15H32N2O2. The SMILES string of the molecule is CCN1CCOC(C)(C)C1.CCN1CCO[C@H](C)C1. The Balaban J connectivity index is 0.000000191. The molecule has 0 aliphatic carbocycles. The first kappa shape index (κ1) is 16.9. The second kappa shape index (κ2) is 8.20. The highest BCUT2D eigenvalue weighted by molar-refractivity contribution is 4.77. The van der Waals surface area contributed by atoms with Crippen molar-refractivity contribution in [3.63, 3.8) is 0 Å². The van der Waals surface area contributed by atoms with E-state index in [4.69, 9.17) is 9.47 Å². The molecule has 0 aromatic rings. The number of ether oxygens (including phenoxy) is 2. The normalized spacial score (nSPS) is 28.6. The molecule has 0 spiro atoms. The van der Waals surface area contributed by atoms with Gasteiger partial charge in [0.05, 0.1) is 24.9 Å². The molecule has 2 aliphatic rings. The molecule has 2 aliphatic heterocycles. The van der Waals surface area contributed by atoms with Gasteiger partial charge in [-0.1, -0.05) is 13.8 Å².